The first-order valence-electron chi connectivity index (χ1n) is 8.60. The molecule has 1 heterocycles. The summed E-state index contributed by atoms with van der Waals surface area (Å²) in [7, 11) is 0. The van der Waals surface area contributed by atoms with E-state index in [1.54, 1.807) is 11.4 Å². The van der Waals surface area contributed by atoms with Crippen LogP contribution in [0.4, 0.5) is 5.00 Å². The average Bonchev–Trinajstić information content (AvgIpc) is 3.36. The molecule has 0 atom stereocenters. The Balaban J connectivity index is 1.40. The molecule has 0 bridgehead atoms. The standard InChI is InChI=1S/C20H17BrN2O3S/c21-18-14-4-2-1-3-12(14)5-8-16(18)26-11-17(24)23-20-15(9-10-27-20)19(25)22-13-6-7-13/h1-5,8-10,13H,6-7,11H2,(H,22,25)(H,23,24). The van der Waals surface area contributed by atoms with Gasteiger partial charge in [0.15, 0.2) is 6.61 Å². The molecule has 0 radical (unpaired) electrons. The minimum Gasteiger partial charge on any atom is -0.483 e. The number of ether oxygens (including phenoxy) is 1. The molecule has 1 aromatic heterocycles. The van der Waals surface area contributed by atoms with Crippen LogP contribution in [0, 0.1) is 0 Å². The third kappa shape index (κ3) is 4.14. The van der Waals surface area contributed by atoms with Crippen molar-refractivity contribution in [2.24, 2.45) is 0 Å². The highest BCUT2D eigenvalue weighted by Crippen LogP contribution is 2.33. The molecule has 1 fully saturated rings. The van der Waals surface area contributed by atoms with Gasteiger partial charge in [0.25, 0.3) is 11.8 Å². The van der Waals surface area contributed by atoms with Crippen molar-refractivity contribution in [3.05, 3.63) is 57.9 Å². The lowest BCUT2D eigenvalue weighted by Crippen LogP contribution is -2.27. The molecule has 7 heteroatoms. The van der Waals surface area contributed by atoms with Crippen molar-refractivity contribution in [2.45, 2.75) is 18.9 Å². The van der Waals surface area contributed by atoms with E-state index in [0.717, 1.165) is 28.1 Å². The number of halogens is 1. The summed E-state index contributed by atoms with van der Waals surface area (Å²) in [5, 5.41) is 10.1. The molecule has 27 heavy (non-hydrogen) atoms. The molecular weight excluding hydrogens is 428 g/mol. The average molecular weight is 445 g/mol. The van der Waals surface area contributed by atoms with E-state index in [0.29, 0.717) is 16.3 Å². The van der Waals surface area contributed by atoms with Gasteiger partial charge in [-0.15, -0.1) is 11.3 Å². The minimum atomic E-state index is -0.307. The Labute approximate surface area is 168 Å². The number of anilines is 1. The lowest BCUT2D eigenvalue weighted by molar-refractivity contribution is -0.118. The zero-order chi connectivity index (χ0) is 18.8. The second-order valence-corrected chi connectivity index (χ2v) is 8.06. The molecule has 0 unspecified atom stereocenters. The minimum absolute atomic E-state index is 0.140. The number of nitrogens with one attached hydrogen (secondary N) is 2. The van der Waals surface area contributed by atoms with E-state index in [2.05, 4.69) is 26.6 Å². The molecule has 1 aliphatic carbocycles. The number of fused-ring (bicyclic) bond motifs is 1. The number of thiophene rings is 1. The van der Waals surface area contributed by atoms with Crippen LogP contribution in [0.15, 0.2) is 52.3 Å². The zero-order valence-corrected chi connectivity index (χ0v) is 16.7. The molecule has 0 saturated heterocycles. The number of carbonyl (C=O) groups excluding carboxylic acids is 2. The van der Waals surface area contributed by atoms with Crippen molar-refractivity contribution in [2.75, 3.05) is 11.9 Å². The third-order valence-electron chi connectivity index (χ3n) is 4.26. The van der Waals surface area contributed by atoms with Crippen LogP contribution in [0.5, 0.6) is 5.75 Å². The van der Waals surface area contributed by atoms with Crippen LogP contribution in [0.2, 0.25) is 0 Å². The van der Waals surface area contributed by atoms with E-state index in [4.69, 9.17) is 4.74 Å². The predicted molar refractivity (Wildman–Crippen MR) is 111 cm³/mol. The molecule has 2 aromatic carbocycles. The second kappa shape index (κ2) is 7.70. The Hall–Kier alpha value is -2.38. The lowest BCUT2D eigenvalue weighted by Gasteiger charge is -2.11. The van der Waals surface area contributed by atoms with Crippen molar-refractivity contribution in [1.29, 1.82) is 0 Å². The first-order chi connectivity index (χ1) is 13.1. The third-order valence-corrected chi connectivity index (χ3v) is 5.91. The Morgan fingerprint density at radius 1 is 1.15 bits per heavy atom. The highest BCUT2D eigenvalue weighted by Gasteiger charge is 2.25. The lowest BCUT2D eigenvalue weighted by atomic mass is 10.1. The van der Waals surface area contributed by atoms with E-state index in [-0.39, 0.29) is 24.5 Å². The van der Waals surface area contributed by atoms with Gasteiger partial charge in [-0.3, -0.25) is 9.59 Å². The van der Waals surface area contributed by atoms with E-state index in [1.807, 2.05) is 36.4 Å². The Kier molecular flexibility index (Phi) is 5.13. The quantitative estimate of drug-likeness (QED) is 0.584. The maximum Gasteiger partial charge on any atom is 0.262 e. The molecule has 1 aliphatic rings. The maximum absolute atomic E-state index is 12.3. The van der Waals surface area contributed by atoms with Gasteiger partial charge in [-0.1, -0.05) is 30.3 Å². The van der Waals surface area contributed by atoms with E-state index in [9.17, 15) is 9.59 Å². The smallest absolute Gasteiger partial charge is 0.262 e. The first-order valence-corrected chi connectivity index (χ1v) is 10.3. The second-order valence-electron chi connectivity index (χ2n) is 6.35. The number of hydrogen-bond donors (Lipinski definition) is 2. The molecular formula is C20H17BrN2O3S. The topological polar surface area (TPSA) is 67.4 Å². The Morgan fingerprint density at radius 2 is 1.96 bits per heavy atom. The van der Waals surface area contributed by atoms with Crippen LogP contribution in [-0.4, -0.2) is 24.5 Å². The summed E-state index contributed by atoms with van der Waals surface area (Å²) in [5.41, 5.74) is 0.493. The number of hydrogen-bond acceptors (Lipinski definition) is 4. The molecule has 5 nitrogen and oxygen atoms in total. The Bertz CT molecular complexity index is 1010. The predicted octanol–water partition coefficient (Wildman–Crippen LogP) is 4.57. The highest BCUT2D eigenvalue weighted by atomic mass is 79.9. The van der Waals surface area contributed by atoms with Crippen molar-refractivity contribution in [3.63, 3.8) is 0 Å². The zero-order valence-electron chi connectivity index (χ0n) is 14.3. The molecule has 0 spiro atoms. The van der Waals surface area contributed by atoms with Gasteiger partial charge in [-0.2, -0.15) is 0 Å². The van der Waals surface area contributed by atoms with Crippen LogP contribution in [0.1, 0.15) is 23.2 Å². The first kappa shape index (κ1) is 18.0. The van der Waals surface area contributed by atoms with Gasteiger partial charge < -0.3 is 15.4 Å². The SMILES string of the molecule is O=C(COc1ccc2ccccc2c1Br)Nc1sccc1C(=O)NC1CC1. The fraction of sp³-hybridized carbons (Fsp3) is 0.200. The molecule has 0 aliphatic heterocycles. The summed E-state index contributed by atoms with van der Waals surface area (Å²) in [5.74, 6) is 0.145. The summed E-state index contributed by atoms with van der Waals surface area (Å²) in [6, 6.07) is 13.7. The maximum atomic E-state index is 12.3. The number of benzene rings is 2. The molecule has 4 rings (SSSR count). The van der Waals surface area contributed by atoms with Crippen molar-refractivity contribution in [1.82, 2.24) is 5.32 Å². The van der Waals surface area contributed by atoms with Gasteiger partial charge in [-0.05, 0) is 57.1 Å². The molecule has 2 amide bonds. The molecule has 138 valence electrons. The van der Waals surface area contributed by atoms with Crippen LogP contribution in [0.3, 0.4) is 0 Å². The monoisotopic (exact) mass is 444 g/mol. The molecule has 3 aromatic rings. The summed E-state index contributed by atoms with van der Waals surface area (Å²) in [6.45, 7) is -0.140. The summed E-state index contributed by atoms with van der Waals surface area (Å²) < 4.78 is 6.49. The van der Waals surface area contributed by atoms with E-state index >= 15 is 0 Å². The van der Waals surface area contributed by atoms with Gasteiger partial charge in [0, 0.05) is 6.04 Å². The van der Waals surface area contributed by atoms with E-state index < -0.39 is 0 Å². The van der Waals surface area contributed by atoms with Crippen molar-refractivity contribution >= 4 is 54.9 Å². The van der Waals surface area contributed by atoms with Gasteiger partial charge in [0.2, 0.25) is 0 Å². The van der Waals surface area contributed by atoms with Crippen LogP contribution >= 0.6 is 27.3 Å². The van der Waals surface area contributed by atoms with E-state index in [1.165, 1.54) is 11.3 Å². The van der Waals surface area contributed by atoms with Crippen molar-refractivity contribution < 1.29 is 14.3 Å². The number of rotatable bonds is 6. The number of carbonyl (C=O) groups is 2. The van der Waals surface area contributed by atoms with Crippen LogP contribution < -0.4 is 15.4 Å². The Morgan fingerprint density at radius 3 is 2.78 bits per heavy atom. The largest absolute Gasteiger partial charge is 0.483 e. The fourth-order valence-electron chi connectivity index (χ4n) is 2.71. The van der Waals surface area contributed by atoms with Gasteiger partial charge in [0.05, 0.1) is 10.0 Å². The summed E-state index contributed by atoms with van der Waals surface area (Å²) in [6.07, 6.45) is 2.04. The molecule has 1 saturated carbocycles. The number of amides is 2. The van der Waals surface area contributed by atoms with Crippen molar-refractivity contribution in [3.8, 4) is 5.75 Å². The van der Waals surface area contributed by atoms with Crippen LogP contribution in [-0.2, 0) is 4.79 Å². The fourth-order valence-corrected chi connectivity index (χ4v) is 4.12. The normalized spacial score (nSPS) is 13.4. The van der Waals surface area contributed by atoms with Gasteiger partial charge >= 0.3 is 0 Å². The molecule has 2 N–H and O–H groups in total. The summed E-state index contributed by atoms with van der Waals surface area (Å²) >= 11 is 4.87. The van der Waals surface area contributed by atoms with Crippen LogP contribution in [0.25, 0.3) is 10.8 Å². The van der Waals surface area contributed by atoms with Gasteiger partial charge in [0.1, 0.15) is 10.8 Å². The summed E-state index contributed by atoms with van der Waals surface area (Å²) in [4.78, 5) is 24.5. The highest BCUT2D eigenvalue weighted by molar-refractivity contribution is 9.10. The van der Waals surface area contributed by atoms with Gasteiger partial charge in [-0.25, -0.2) is 0 Å².